The second kappa shape index (κ2) is 5.86. The Hall–Kier alpha value is -1.06. The number of halogens is 1. The highest BCUT2D eigenvalue weighted by Crippen LogP contribution is 2.45. The second-order valence-electron chi connectivity index (χ2n) is 4.84. The number of sulfonamides is 1. The van der Waals surface area contributed by atoms with Crippen molar-refractivity contribution in [2.45, 2.75) is 22.8 Å². The number of aliphatic hydroxyl groups is 1. The van der Waals surface area contributed by atoms with Crippen LogP contribution in [-0.2, 0) is 15.7 Å². The molecule has 2 atom stereocenters. The number of amides is 1. The molecule has 9 heteroatoms. The summed E-state index contributed by atoms with van der Waals surface area (Å²) in [7, 11) is -4.05. The Morgan fingerprint density at radius 3 is 2.77 bits per heavy atom. The van der Waals surface area contributed by atoms with Crippen molar-refractivity contribution in [1.82, 2.24) is 4.90 Å². The minimum Gasteiger partial charge on any atom is -0.366 e. The first-order valence-electron chi connectivity index (χ1n) is 6.26. The lowest BCUT2D eigenvalue weighted by molar-refractivity contribution is -0.0694. The van der Waals surface area contributed by atoms with E-state index in [0.717, 1.165) is 11.8 Å². The van der Waals surface area contributed by atoms with Crippen molar-refractivity contribution < 1.29 is 18.3 Å². The van der Waals surface area contributed by atoms with Crippen molar-refractivity contribution >= 4 is 38.6 Å². The molecular weight excluding hydrogens is 348 g/mol. The monoisotopic (exact) mass is 362 g/mol. The van der Waals surface area contributed by atoms with Gasteiger partial charge in [0, 0.05) is 12.1 Å². The molecule has 3 N–H and O–H groups in total. The summed E-state index contributed by atoms with van der Waals surface area (Å²) in [4.78, 5) is 13.0. The van der Waals surface area contributed by atoms with E-state index in [1.54, 1.807) is 6.92 Å². The van der Waals surface area contributed by atoms with Crippen LogP contribution in [0.1, 0.15) is 12.5 Å². The molecule has 1 aliphatic rings. The normalized spacial score (nSPS) is 25.5. The largest absolute Gasteiger partial charge is 0.366 e. The third-order valence-corrected chi connectivity index (χ3v) is 5.95. The quantitative estimate of drug-likeness (QED) is 0.796. The topological polar surface area (TPSA) is 101 Å². The molecule has 1 amide bonds. The lowest BCUT2D eigenvalue weighted by Crippen LogP contribution is -2.47. The van der Waals surface area contributed by atoms with E-state index in [0.29, 0.717) is 0 Å². The van der Waals surface area contributed by atoms with Gasteiger partial charge in [-0.05, 0) is 19.1 Å². The number of carbonyl (C=O) groups excluding carboxylic acids is 1. The number of nitrogens with two attached hydrogens (primary N) is 1. The van der Waals surface area contributed by atoms with E-state index in [1.807, 2.05) is 0 Å². The summed E-state index contributed by atoms with van der Waals surface area (Å²) < 4.78 is 23.2. The van der Waals surface area contributed by atoms with Crippen LogP contribution in [0.15, 0.2) is 35.7 Å². The fourth-order valence-corrected chi connectivity index (χ4v) is 4.48. The van der Waals surface area contributed by atoms with Crippen LogP contribution in [0.5, 0.6) is 0 Å². The summed E-state index contributed by atoms with van der Waals surface area (Å²) in [6.07, 6.45) is 1.48. The van der Waals surface area contributed by atoms with E-state index in [-0.39, 0.29) is 27.3 Å². The Morgan fingerprint density at radius 1 is 1.59 bits per heavy atom. The first-order valence-corrected chi connectivity index (χ1v) is 9.07. The standard InChI is InChI=1S/C13H15ClN2O4S2/c1-3-6-16-12(17)21-8(2)13(16,18)9-4-5-10(14)11(7-9)22(15,19)20/h3-5,7-8,18H,1,6H2,2H3,(H2,15,19,20). The molecule has 1 saturated heterocycles. The summed E-state index contributed by atoms with van der Waals surface area (Å²) in [5, 5.41) is 15.3. The molecule has 2 rings (SSSR count). The summed E-state index contributed by atoms with van der Waals surface area (Å²) in [6.45, 7) is 5.37. The van der Waals surface area contributed by atoms with Crippen LogP contribution in [0.4, 0.5) is 4.79 Å². The third-order valence-electron chi connectivity index (χ3n) is 3.45. The van der Waals surface area contributed by atoms with Gasteiger partial charge >= 0.3 is 0 Å². The molecule has 1 fully saturated rings. The predicted octanol–water partition coefficient (Wildman–Crippen LogP) is 1.88. The van der Waals surface area contributed by atoms with E-state index in [2.05, 4.69) is 6.58 Å². The smallest absolute Gasteiger partial charge is 0.284 e. The lowest BCUT2D eigenvalue weighted by Gasteiger charge is -2.35. The summed E-state index contributed by atoms with van der Waals surface area (Å²) >= 11 is 6.82. The van der Waals surface area contributed by atoms with Crippen molar-refractivity contribution in [3.8, 4) is 0 Å². The maximum absolute atomic E-state index is 12.0. The van der Waals surface area contributed by atoms with E-state index in [9.17, 15) is 18.3 Å². The highest BCUT2D eigenvalue weighted by Gasteiger charge is 2.51. The molecule has 0 spiro atoms. The van der Waals surface area contributed by atoms with Gasteiger partial charge in [-0.25, -0.2) is 13.6 Å². The fourth-order valence-electron chi connectivity index (χ4n) is 2.34. The zero-order chi connectivity index (χ0) is 16.7. The van der Waals surface area contributed by atoms with Gasteiger partial charge in [0.05, 0.1) is 10.3 Å². The molecule has 0 saturated carbocycles. The number of hydrogen-bond donors (Lipinski definition) is 2. The van der Waals surface area contributed by atoms with Crippen molar-refractivity contribution in [3.63, 3.8) is 0 Å². The molecule has 0 aliphatic carbocycles. The minimum atomic E-state index is -4.05. The minimum absolute atomic E-state index is 0.0465. The zero-order valence-corrected chi connectivity index (χ0v) is 14.1. The van der Waals surface area contributed by atoms with Gasteiger partial charge in [-0.15, -0.1) is 6.58 Å². The van der Waals surface area contributed by atoms with Crippen LogP contribution in [0, 0.1) is 0 Å². The van der Waals surface area contributed by atoms with Gasteiger partial charge in [-0.2, -0.15) is 0 Å². The molecule has 6 nitrogen and oxygen atoms in total. The molecule has 1 aromatic rings. The summed E-state index contributed by atoms with van der Waals surface area (Å²) in [6, 6.07) is 4.01. The Balaban J connectivity index is 2.63. The molecule has 22 heavy (non-hydrogen) atoms. The molecule has 1 aromatic carbocycles. The number of benzene rings is 1. The van der Waals surface area contributed by atoms with Gasteiger partial charge in [-0.1, -0.05) is 35.5 Å². The van der Waals surface area contributed by atoms with Gasteiger partial charge < -0.3 is 5.11 Å². The van der Waals surface area contributed by atoms with E-state index in [1.165, 1.54) is 29.2 Å². The Morgan fingerprint density at radius 2 is 2.23 bits per heavy atom. The van der Waals surface area contributed by atoms with E-state index >= 15 is 0 Å². The molecule has 0 radical (unpaired) electrons. The molecule has 1 heterocycles. The number of hydrogen-bond acceptors (Lipinski definition) is 5. The van der Waals surface area contributed by atoms with Crippen molar-refractivity contribution in [1.29, 1.82) is 0 Å². The lowest BCUT2D eigenvalue weighted by atomic mass is 9.98. The van der Waals surface area contributed by atoms with Crippen LogP contribution in [0.25, 0.3) is 0 Å². The van der Waals surface area contributed by atoms with E-state index in [4.69, 9.17) is 16.7 Å². The van der Waals surface area contributed by atoms with Crippen LogP contribution in [-0.4, -0.2) is 35.5 Å². The highest BCUT2D eigenvalue weighted by atomic mass is 35.5. The maximum Gasteiger partial charge on any atom is 0.284 e. The Bertz CT molecular complexity index is 738. The fraction of sp³-hybridized carbons (Fsp3) is 0.308. The van der Waals surface area contributed by atoms with E-state index < -0.39 is 21.0 Å². The van der Waals surface area contributed by atoms with Gasteiger partial charge in [0.15, 0.2) is 5.72 Å². The first kappa shape index (κ1) is 17.3. The SMILES string of the molecule is C=CCN1C(=O)SC(C)C1(O)c1ccc(Cl)c(S(N)(=O)=O)c1. The third kappa shape index (κ3) is 2.77. The number of nitrogens with zero attached hydrogens (tertiary/aromatic N) is 1. The van der Waals surface area contributed by atoms with Gasteiger partial charge in [0.1, 0.15) is 4.90 Å². The summed E-state index contributed by atoms with van der Waals surface area (Å²) in [5.41, 5.74) is -1.44. The van der Waals surface area contributed by atoms with Crippen LogP contribution in [0.3, 0.4) is 0 Å². The van der Waals surface area contributed by atoms with Gasteiger partial charge in [0.25, 0.3) is 5.24 Å². The zero-order valence-electron chi connectivity index (χ0n) is 11.7. The van der Waals surface area contributed by atoms with Crippen molar-refractivity contribution in [2.75, 3.05) is 6.54 Å². The molecule has 0 bridgehead atoms. The molecule has 120 valence electrons. The number of primary sulfonamides is 1. The average molecular weight is 363 g/mol. The van der Waals surface area contributed by atoms with Gasteiger partial charge in [0.2, 0.25) is 10.0 Å². The van der Waals surface area contributed by atoms with Crippen LogP contribution < -0.4 is 5.14 Å². The maximum atomic E-state index is 12.0. The first-order chi connectivity index (χ1) is 10.1. The number of rotatable bonds is 4. The highest BCUT2D eigenvalue weighted by molar-refractivity contribution is 8.14. The van der Waals surface area contributed by atoms with Gasteiger partial charge in [-0.3, -0.25) is 9.69 Å². The summed E-state index contributed by atoms with van der Waals surface area (Å²) in [5.74, 6) is 0. The molecule has 2 unspecified atom stereocenters. The van der Waals surface area contributed by atoms with Crippen molar-refractivity contribution in [2.24, 2.45) is 5.14 Å². The second-order valence-corrected chi connectivity index (χ2v) is 8.07. The number of carbonyl (C=O) groups is 1. The Labute approximate surface area is 138 Å². The van der Waals surface area contributed by atoms with Crippen molar-refractivity contribution in [3.05, 3.63) is 41.4 Å². The van der Waals surface area contributed by atoms with Crippen LogP contribution >= 0.6 is 23.4 Å². The Kier molecular flexibility index (Phi) is 4.61. The number of thioether (sulfide) groups is 1. The average Bonchev–Trinajstić information content (AvgIpc) is 2.63. The predicted molar refractivity (Wildman–Crippen MR) is 86.1 cm³/mol. The molecule has 1 aliphatic heterocycles. The van der Waals surface area contributed by atoms with Crippen LogP contribution in [0.2, 0.25) is 5.02 Å². The molecule has 0 aromatic heterocycles. The molecular formula is C13H15ClN2O4S2.